The first kappa shape index (κ1) is 13.5. The highest BCUT2D eigenvalue weighted by Gasteiger charge is 2.10. The third-order valence-electron chi connectivity index (χ3n) is 2.71. The first-order chi connectivity index (χ1) is 8.02. The van der Waals surface area contributed by atoms with Crippen molar-refractivity contribution in [2.75, 3.05) is 0 Å². The van der Waals surface area contributed by atoms with Crippen LogP contribution in [0, 0.1) is 5.82 Å². The van der Waals surface area contributed by atoms with Crippen molar-refractivity contribution in [1.29, 1.82) is 0 Å². The lowest BCUT2D eigenvalue weighted by atomic mass is 10.1. The Hall–Kier alpha value is -1.58. The third-order valence-corrected chi connectivity index (χ3v) is 2.71. The van der Waals surface area contributed by atoms with Crippen molar-refractivity contribution in [3.05, 3.63) is 35.6 Å². The van der Waals surface area contributed by atoms with Crippen LogP contribution in [0.25, 0.3) is 0 Å². The Bertz CT molecular complexity index is 364. The lowest BCUT2D eigenvalue weighted by Gasteiger charge is -2.17. The van der Waals surface area contributed by atoms with Crippen molar-refractivity contribution in [3.8, 4) is 0 Å². The molecule has 0 spiro atoms. The summed E-state index contributed by atoms with van der Waals surface area (Å²) in [7, 11) is 0. The molecule has 2 atom stereocenters. The van der Waals surface area contributed by atoms with Gasteiger partial charge in [-0.2, -0.15) is 0 Å². The first-order valence-electron chi connectivity index (χ1n) is 5.85. The lowest BCUT2D eigenvalue weighted by Crippen LogP contribution is -2.41. The quantitative estimate of drug-likeness (QED) is 0.831. The van der Waals surface area contributed by atoms with Gasteiger partial charge in [-0.3, -0.25) is 0 Å². The summed E-state index contributed by atoms with van der Waals surface area (Å²) in [6.07, 6.45) is 0.887. The van der Waals surface area contributed by atoms with Crippen molar-refractivity contribution in [1.82, 2.24) is 10.6 Å². The van der Waals surface area contributed by atoms with Gasteiger partial charge < -0.3 is 10.6 Å². The fourth-order valence-corrected chi connectivity index (χ4v) is 1.40. The molecule has 0 fully saturated rings. The predicted molar refractivity (Wildman–Crippen MR) is 66.2 cm³/mol. The van der Waals surface area contributed by atoms with Crippen LogP contribution in [0.1, 0.15) is 38.8 Å². The molecule has 0 aliphatic rings. The molecule has 0 aliphatic carbocycles. The minimum Gasteiger partial charge on any atom is -0.336 e. The molecule has 0 saturated carbocycles. The lowest BCUT2D eigenvalue weighted by molar-refractivity contribution is 0.234. The number of benzene rings is 1. The molecule has 17 heavy (non-hydrogen) atoms. The highest BCUT2D eigenvalue weighted by molar-refractivity contribution is 5.74. The molecule has 0 radical (unpaired) electrons. The largest absolute Gasteiger partial charge is 0.336 e. The minimum absolute atomic E-state index is 0.139. The maximum Gasteiger partial charge on any atom is 0.315 e. The highest BCUT2D eigenvalue weighted by Crippen LogP contribution is 2.12. The Morgan fingerprint density at radius 2 is 1.82 bits per heavy atom. The Morgan fingerprint density at radius 3 is 2.35 bits per heavy atom. The van der Waals surface area contributed by atoms with Gasteiger partial charge in [-0.15, -0.1) is 0 Å². The van der Waals surface area contributed by atoms with E-state index in [-0.39, 0.29) is 23.9 Å². The van der Waals surface area contributed by atoms with Crippen molar-refractivity contribution in [3.63, 3.8) is 0 Å². The molecule has 0 heterocycles. The monoisotopic (exact) mass is 238 g/mol. The molecular weight excluding hydrogens is 219 g/mol. The Labute approximate surface area is 101 Å². The predicted octanol–water partition coefficient (Wildman–Crippen LogP) is 2.98. The van der Waals surface area contributed by atoms with Crippen LogP contribution < -0.4 is 10.6 Å². The van der Waals surface area contributed by atoms with E-state index in [0.29, 0.717) is 0 Å². The fourth-order valence-electron chi connectivity index (χ4n) is 1.40. The molecule has 4 heteroatoms. The topological polar surface area (TPSA) is 41.1 Å². The molecule has 1 rings (SSSR count). The van der Waals surface area contributed by atoms with Crippen molar-refractivity contribution in [2.45, 2.75) is 39.3 Å². The zero-order chi connectivity index (χ0) is 12.8. The maximum atomic E-state index is 12.7. The Balaban J connectivity index is 2.51. The summed E-state index contributed by atoms with van der Waals surface area (Å²) in [6, 6.07) is 5.93. The van der Waals surface area contributed by atoms with E-state index in [1.54, 1.807) is 12.1 Å². The zero-order valence-electron chi connectivity index (χ0n) is 10.5. The smallest absolute Gasteiger partial charge is 0.315 e. The molecule has 1 aromatic carbocycles. The number of carbonyl (C=O) groups excluding carboxylic acids is 1. The molecule has 1 aromatic rings. The summed E-state index contributed by atoms with van der Waals surface area (Å²) in [6.45, 7) is 5.82. The van der Waals surface area contributed by atoms with Crippen LogP contribution in [0.5, 0.6) is 0 Å². The van der Waals surface area contributed by atoms with Crippen LogP contribution in [0.4, 0.5) is 9.18 Å². The molecule has 0 aromatic heterocycles. The Morgan fingerprint density at radius 1 is 1.24 bits per heavy atom. The summed E-state index contributed by atoms with van der Waals surface area (Å²) in [5.41, 5.74) is 0.880. The van der Waals surface area contributed by atoms with Gasteiger partial charge in [0, 0.05) is 6.04 Å². The van der Waals surface area contributed by atoms with Gasteiger partial charge in [0.25, 0.3) is 0 Å². The van der Waals surface area contributed by atoms with Gasteiger partial charge in [0.1, 0.15) is 5.82 Å². The van der Waals surface area contributed by atoms with Gasteiger partial charge in [-0.05, 0) is 38.0 Å². The van der Waals surface area contributed by atoms with Crippen LogP contribution in [0.2, 0.25) is 0 Å². The van der Waals surface area contributed by atoms with E-state index in [4.69, 9.17) is 0 Å². The summed E-state index contributed by atoms with van der Waals surface area (Å²) in [4.78, 5) is 11.6. The maximum absolute atomic E-state index is 12.7. The molecule has 0 unspecified atom stereocenters. The number of hydrogen-bond acceptors (Lipinski definition) is 1. The molecule has 0 aliphatic heterocycles. The van der Waals surface area contributed by atoms with E-state index in [2.05, 4.69) is 10.6 Å². The van der Waals surface area contributed by atoms with Crippen LogP contribution in [0.15, 0.2) is 24.3 Å². The van der Waals surface area contributed by atoms with E-state index < -0.39 is 0 Å². The number of nitrogens with one attached hydrogen (secondary N) is 2. The van der Waals surface area contributed by atoms with Crippen LogP contribution in [-0.2, 0) is 0 Å². The minimum atomic E-state index is -0.273. The van der Waals surface area contributed by atoms with E-state index >= 15 is 0 Å². The summed E-state index contributed by atoms with van der Waals surface area (Å²) in [5.74, 6) is -0.273. The van der Waals surface area contributed by atoms with Gasteiger partial charge in [0.15, 0.2) is 0 Å². The van der Waals surface area contributed by atoms with Gasteiger partial charge in [-0.25, -0.2) is 9.18 Å². The number of amides is 2. The van der Waals surface area contributed by atoms with E-state index in [1.807, 2.05) is 20.8 Å². The van der Waals surface area contributed by atoms with E-state index in [1.165, 1.54) is 12.1 Å². The fraction of sp³-hybridized carbons (Fsp3) is 0.462. The SMILES string of the molecule is CC[C@H](C)NC(=O)N[C@H](C)c1ccc(F)cc1. The molecule has 94 valence electrons. The van der Waals surface area contributed by atoms with E-state index in [0.717, 1.165) is 12.0 Å². The second kappa shape index (κ2) is 6.23. The second-order valence-corrected chi connectivity index (χ2v) is 4.20. The van der Waals surface area contributed by atoms with Crippen LogP contribution >= 0.6 is 0 Å². The normalized spacial score (nSPS) is 13.9. The Kier molecular flexibility index (Phi) is 4.94. The number of urea groups is 1. The molecule has 2 N–H and O–H groups in total. The summed E-state index contributed by atoms with van der Waals surface area (Å²) >= 11 is 0. The second-order valence-electron chi connectivity index (χ2n) is 4.20. The summed E-state index contributed by atoms with van der Waals surface area (Å²) in [5, 5.41) is 5.63. The average Bonchev–Trinajstić information content (AvgIpc) is 2.29. The number of hydrogen-bond donors (Lipinski definition) is 2. The highest BCUT2D eigenvalue weighted by atomic mass is 19.1. The van der Waals surface area contributed by atoms with Crippen molar-refractivity contribution in [2.24, 2.45) is 0 Å². The molecule has 3 nitrogen and oxygen atoms in total. The number of carbonyl (C=O) groups is 1. The van der Waals surface area contributed by atoms with Gasteiger partial charge in [-0.1, -0.05) is 19.1 Å². The van der Waals surface area contributed by atoms with Gasteiger partial charge in [0.2, 0.25) is 0 Å². The molecule has 2 amide bonds. The average molecular weight is 238 g/mol. The molecular formula is C13H19FN2O. The number of rotatable bonds is 4. The van der Waals surface area contributed by atoms with Crippen molar-refractivity contribution >= 4 is 6.03 Å². The molecule has 0 saturated heterocycles. The van der Waals surface area contributed by atoms with Crippen LogP contribution in [0.3, 0.4) is 0 Å². The number of halogens is 1. The standard InChI is InChI=1S/C13H19FN2O/c1-4-9(2)15-13(17)16-10(3)11-5-7-12(14)8-6-11/h5-10H,4H2,1-3H3,(H2,15,16,17)/t9-,10+/m0/s1. The first-order valence-corrected chi connectivity index (χ1v) is 5.85. The van der Waals surface area contributed by atoms with E-state index in [9.17, 15) is 9.18 Å². The van der Waals surface area contributed by atoms with Gasteiger partial charge >= 0.3 is 6.03 Å². The van der Waals surface area contributed by atoms with Crippen LogP contribution in [-0.4, -0.2) is 12.1 Å². The molecule has 0 bridgehead atoms. The zero-order valence-corrected chi connectivity index (χ0v) is 10.5. The van der Waals surface area contributed by atoms with Gasteiger partial charge in [0.05, 0.1) is 6.04 Å². The third kappa shape index (κ3) is 4.43. The summed E-state index contributed by atoms with van der Waals surface area (Å²) < 4.78 is 12.7. The van der Waals surface area contributed by atoms with Crippen molar-refractivity contribution < 1.29 is 9.18 Å².